The quantitative estimate of drug-likeness (QED) is 0.890. The Balaban J connectivity index is 1.80. The maximum atomic E-state index is 5.09. The van der Waals surface area contributed by atoms with Gasteiger partial charge in [0.05, 0.1) is 5.69 Å². The van der Waals surface area contributed by atoms with Crippen molar-refractivity contribution in [1.82, 2.24) is 10.5 Å². The summed E-state index contributed by atoms with van der Waals surface area (Å²) in [5.74, 6) is 0.751. The van der Waals surface area contributed by atoms with Crippen LogP contribution in [0.1, 0.15) is 16.3 Å². The fraction of sp³-hybridized carbons (Fsp3) is 0.364. The van der Waals surface area contributed by atoms with E-state index < -0.39 is 0 Å². The molecular weight excluding hydrogens is 304 g/mol. The van der Waals surface area contributed by atoms with Gasteiger partial charge >= 0.3 is 0 Å². The molecule has 0 radical (unpaired) electrons. The first-order chi connectivity index (χ1) is 8.29. The summed E-state index contributed by atoms with van der Waals surface area (Å²) in [4.78, 5) is 1.28. The number of rotatable bonds is 6. The van der Waals surface area contributed by atoms with E-state index in [1.165, 1.54) is 4.88 Å². The van der Waals surface area contributed by atoms with Gasteiger partial charge in [0.2, 0.25) is 0 Å². The minimum atomic E-state index is 0.462. The van der Waals surface area contributed by atoms with Crippen LogP contribution >= 0.6 is 27.3 Å². The van der Waals surface area contributed by atoms with Crippen LogP contribution < -0.4 is 5.32 Å². The average Bonchev–Trinajstić information content (AvgIpc) is 2.90. The zero-order valence-electron chi connectivity index (χ0n) is 9.40. The minimum absolute atomic E-state index is 0.462. The summed E-state index contributed by atoms with van der Waals surface area (Å²) in [6.45, 7) is 1.98. The fourth-order valence-electron chi connectivity index (χ4n) is 1.40. The van der Waals surface area contributed by atoms with E-state index >= 15 is 0 Å². The highest BCUT2D eigenvalue weighted by Crippen LogP contribution is 2.22. The molecule has 0 aromatic carbocycles. The van der Waals surface area contributed by atoms with Gasteiger partial charge in [-0.05, 0) is 27.4 Å². The first-order valence-corrected chi connectivity index (χ1v) is 6.83. The SMILES string of the molecule is COCc1cc(CNCc2sccc2Br)no1. The zero-order chi connectivity index (χ0) is 12.1. The molecule has 0 saturated heterocycles. The molecule has 0 aliphatic heterocycles. The molecule has 0 spiro atoms. The Morgan fingerprint density at radius 2 is 2.41 bits per heavy atom. The van der Waals surface area contributed by atoms with Crippen LogP contribution in [0.4, 0.5) is 0 Å². The molecule has 0 aliphatic carbocycles. The van der Waals surface area contributed by atoms with E-state index in [-0.39, 0.29) is 0 Å². The lowest BCUT2D eigenvalue weighted by Gasteiger charge is -2.00. The Bertz CT molecular complexity index is 469. The van der Waals surface area contributed by atoms with E-state index in [0.717, 1.165) is 22.5 Å². The molecule has 2 heterocycles. The van der Waals surface area contributed by atoms with Crippen molar-refractivity contribution in [3.05, 3.63) is 38.3 Å². The van der Waals surface area contributed by atoms with Crippen molar-refractivity contribution in [2.45, 2.75) is 19.7 Å². The molecule has 0 fully saturated rings. The van der Waals surface area contributed by atoms with Crippen molar-refractivity contribution < 1.29 is 9.26 Å². The summed E-state index contributed by atoms with van der Waals surface area (Å²) in [5.41, 5.74) is 0.893. The number of nitrogens with zero attached hydrogens (tertiary/aromatic N) is 1. The van der Waals surface area contributed by atoms with E-state index in [4.69, 9.17) is 9.26 Å². The molecule has 1 N–H and O–H groups in total. The van der Waals surface area contributed by atoms with Crippen LogP contribution in [-0.4, -0.2) is 12.3 Å². The minimum Gasteiger partial charge on any atom is -0.377 e. The lowest BCUT2D eigenvalue weighted by Crippen LogP contribution is -2.12. The van der Waals surface area contributed by atoms with E-state index in [1.54, 1.807) is 18.4 Å². The summed E-state index contributed by atoms with van der Waals surface area (Å²) in [7, 11) is 1.63. The van der Waals surface area contributed by atoms with Crippen LogP contribution in [0.15, 0.2) is 26.5 Å². The van der Waals surface area contributed by atoms with Crippen molar-refractivity contribution >= 4 is 27.3 Å². The molecular formula is C11H13BrN2O2S. The molecule has 0 unspecified atom stereocenters. The highest BCUT2D eigenvalue weighted by atomic mass is 79.9. The van der Waals surface area contributed by atoms with Crippen LogP contribution in [0.3, 0.4) is 0 Å². The summed E-state index contributed by atoms with van der Waals surface area (Å²) >= 11 is 5.22. The summed E-state index contributed by atoms with van der Waals surface area (Å²) in [6, 6.07) is 3.95. The summed E-state index contributed by atoms with van der Waals surface area (Å²) < 4.78 is 11.2. The molecule has 0 amide bonds. The molecule has 2 aromatic rings. The fourth-order valence-corrected chi connectivity index (χ4v) is 2.87. The lowest BCUT2D eigenvalue weighted by molar-refractivity contribution is 0.155. The van der Waals surface area contributed by atoms with Gasteiger partial charge in [-0.1, -0.05) is 5.16 Å². The lowest BCUT2D eigenvalue weighted by atomic mass is 10.3. The largest absolute Gasteiger partial charge is 0.377 e. The normalized spacial score (nSPS) is 10.9. The van der Waals surface area contributed by atoms with E-state index in [2.05, 4.69) is 37.8 Å². The highest BCUT2D eigenvalue weighted by Gasteiger charge is 2.04. The van der Waals surface area contributed by atoms with Gasteiger partial charge in [-0.3, -0.25) is 0 Å². The molecule has 6 heteroatoms. The number of ether oxygens (including phenoxy) is 1. The van der Waals surface area contributed by atoms with Crippen molar-refractivity contribution in [3.8, 4) is 0 Å². The van der Waals surface area contributed by atoms with Gasteiger partial charge in [-0.25, -0.2) is 0 Å². The first-order valence-electron chi connectivity index (χ1n) is 5.15. The summed E-state index contributed by atoms with van der Waals surface area (Å²) in [6.07, 6.45) is 0. The van der Waals surface area contributed by atoms with Gasteiger partial charge < -0.3 is 14.6 Å². The predicted molar refractivity (Wildman–Crippen MR) is 69.8 cm³/mol. The van der Waals surface area contributed by atoms with Crippen molar-refractivity contribution in [2.24, 2.45) is 0 Å². The van der Waals surface area contributed by atoms with Gasteiger partial charge in [-0.2, -0.15) is 0 Å². The number of thiophene rings is 1. The Morgan fingerprint density at radius 1 is 1.53 bits per heavy atom. The third kappa shape index (κ3) is 3.64. The van der Waals surface area contributed by atoms with Crippen LogP contribution in [0, 0.1) is 0 Å². The Labute approximate surface area is 112 Å². The molecule has 0 aliphatic rings. The number of nitrogens with one attached hydrogen (secondary N) is 1. The smallest absolute Gasteiger partial charge is 0.162 e. The summed E-state index contributed by atoms with van der Waals surface area (Å²) in [5, 5.41) is 9.33. The first kappa shape index (κ1) is 12.8. The molecule has 0 atom stereocenters. The number of aromatic nitrogens is 1. The van der Waals surface area contributed by atoms with E-state index in [1.807, 2.05) is 6.07 Å². The molecule has 4 nitrogen and oxygen atoms in total. The number of methoxy groups -OCH3 is 1. The van der Waals surface area contributed by atoms with Gasteiger partial charge in [0.1, 0.15) is 6.61 Å². The second-order valence-corrected chi connectivity index (χ2v) is 5.37. The Hall–Kier alpha value is -0.690. The third-order valence-electron chi connectivity index (χ3n) is 2.18. The van der Waals surface area contributed by atoms with Crippen molar-refractivity contribution in [1.29, 1.82) is 0 Å². The zero-order valence-corrected chi connectivity index (χ0v) is 11.8. The maximum Gasteiger partial charge on any atom is 0.162 e. The van der Waals surface area contributed by atoms with Gasteiger partial charge in [0, 0.05) is 35.6 Å². The van der Waals surface area contributed by atoms with Crippen LogP contribution in [0.2, 0.25) is 0 Å². The molecule has 2 rings (SSSR count). The van der Waals surface area contributed by atoms with Gasteiger partial charge in [-0.15, -0.1) is 11.3 Å². The number of halogens is 1. The van der Waals surface area contributed by atoms with E-state index in [0.29, 0.717) is 13.2 Å². The van der Waals surface area contributed by atoms with Crippen LogP contribution in [0.5, 0.6) is 0 Å². The van der Waals surface area contributed by atoms with Gasteiger partial charge in [0.15, 0.2) is 5.76 Å². The molecule has 0 bridgehead atoms. The molecule has 0 saturated carbocycles. The van der Waals surface area contributed by atoms with Gasteiger partial charge in [0.25, 0.3) is 0 Å². The number of hydrogen-bond donors (Lipinski definition) is 1. The topological polar surface area (TPSA) is 47.3 Å². The Morgan fingerprint density at radius 3 is 3.12 bits per heavy atom. The second-order valence-electron chi connectivity index (χ2n) is 3.51. The van der Waals surface area contributed by atoms with Crippen LogP contribution in [-0.2, 0) is 24.4 Å². The number of hydrogen-bond acceptors (Lipinski definition) is 5. The molecule has 92 valence electrons. The third-order valence-corrected chi connectivity index (χ3v) is 4.10. The highest BCUT2D eigenvalue weighted by molar-refractivity contribution is 9.10. The second kappa shape index (κ2) is 6.30. The van der Waals surface area contributed by atoms with E-state index in [9.17, 15) is 0 Å². The van der Waals surface area contributed by atoms with Crippen molar-refractivity contribution in [2.75, 3.05) is 7.11 Å². The molecule has 2 aromatic heterocycles. The maximum absolute atomic E-state index is 5.09. The Kier molecular flexibility index (Phi) is 4.73. The predicted octanol–water partition coefficient (Wildman–Crippen LogP) is 2.93. The monoisotopic (exact) mass is 316 g/mol. The molecule has 17 heavy (non-hydrogen) atoms. The average molecular weight is 317 g/mol. The van der Waals surface area contributed by atoms with Crippen molar-refractivity contribution in [3.63, 3.8) is 0 Å². The van der Waals surface area contributed by atoms with Crippen LogP contribution in [0.25, 0.3) is 0 Å². The standard InChI is InChI=1S/C11H13BrN2O2S/c1-15-7-9-4-8(14-16-9)5-13-6-11-10(12)2-3-17-11/h2-4,13H,5-7H2,1H3.